The van der Waals surface area contributed by atoms with Gasteiger partial charge in [-0.3, -0.25) is 6.58 Å². The van der Waals surface area contributed by atoms with E-state index in [1.54, 1.807) is 0 Å². The van der Waals surface area contributed by atoms with Crippen LogP contribution in [0.4, 0.5) is 0 Å². The SMILES string of the molecule is [CH-]=C.[CH2-]c1ccccc1.[O]=[Co]. The summed E-state index contributed by atoms with van der Waals surface area (Å²) < 4.78 is 7.94. The number of hydrogen-bond donors (Lipinski definition) is 0. The fourth-order valence-corrected chi connectivity index (χ4v) is 0.478. The van der Waals surface area contributed by atoms with Crippen molar-refractivity contribution < 1.29 is 19.5 Å². The molecule has 11 heavy (non-hydrogen) atoms. The van der Waals surface area contributed by atoms with Gasteiger partial charge in [-0.05, 0) is 0 Å². The van der Waals surface area contributed by atoms with Crippen LogP contribution in [0, 0.1) is 13.5 Å². The van der Waals surface area contributed by atoms with Crippen LogP contribution < -0.4 is 0 Å². The van der Waals surface area contributed by atoms with Crippen LogP contribution >= 0.6 is 0 Å². The number of rotatable bonds is 0. The van der Waals surface area contributed by atoms with Gasteiger partial charge in [0.2, 0.25) is 0 Å². The van der Waals surface area contributed by atoms with E-state index in [4.69, 9.17) is 3.87 Å². The van der Waals surface area contributed by atoms with Crippen molar-refractivity contribution in [3.8, 4) is 0 Å². The van der Waals surface area contributed by atoms with Crippen LogP contribution in [-0.2, 0) is 19.5 Å². The van der Waals surface area contributed by atoms with Gasteiger partial charge in [-0.1, -0.05) is 6.07 Å². The normalized spacial score (nSPS) is 6.27. The summed E-state index contributed by atoms with van der Waals surface area (Å²) in [6, 6.07) is 9.87. The topological polar surface area (TPSA) is 17.1 Å². The Balaban J connectivity index is 0. The monoisotopic (exact) mass is 193 g/mol. The van der Waals surface area contributed by atoms with Gasteiger partial charge in [0.05, 0.1) is 0 Å². The number of hydrogen-bond acceptors (Lipinski definition) is 1. The van der Waals surface area contributed by atoms with Crippen molar-refractivity contribution in [2.75, 3.05) is 0 Å². The predicted molar refractivity (Wildman–Crippen MR) is 41.5 cm³/mol. The average molecular weight is 193 g/mol. The first kappa shape index (κ1) is 12.8. The van der Waals surface area contributed by atoms with Gasteiger partial charge in [0.25, 0.3) is 0 Å². The molecule has 63 valence electrons. The molecule has 0 bridgehead atoms. The molecule has 0 saturated heterocycles. The van der Waals surface area contributed by atoms with Crippen LogP contribution in [0.15, 0.2) is 36.9 Å². The van der Waals surface area contributed by atoms with Crippen LogP contribution in [0.3, 0.4) is 0 Å². The fourth-order valence-electron chi connectivity index (χ4n) is 0.478. The van der Waals surface area contributed by atoms with E-state index >= 15 is 0 Å². The number of benzene rings is 1. The molecule has 0 aliphatic heterocycles. The Morgan fingerprint density at radius 2 is 1.55 bits per heavy atom. The van der Waals surface area contributed by atoms with Crippen molar-refractivity contribution in [1.29, 1.82) is 0 Å². The molecule has 2 heteroatoms. The molecule has 1 aromatic rings. The Hall–Kier alpha value is -0.864. The van der Waals surface area contributed by atoms with E-state index in [2.05, 4.69) is 35.7 Å². The molecule has 0 radical (unpaired) electrons. The third-order valence-electron chi connectivity index (χ3n) is 0.843. The summed E-state index contributed by atoms with van der Waals surface area (Å²) in [7, 11) is 0. The molecule has 0 fully saturated rings. The standard InChI is InChI=1S/C7H7.C2H3.Co.O/c1-7-5-3-2-4-6-7;1-2;;/h2-6H,1H2;1H,2H2;;/q2*-1;;. The Labute approximate surface area is 75.9 Å². The second-order valence-electron chi connectivity index (χ2n) is 1.49. The summed E-state index contributed by atoms with van der Waals surface area (Å²) in [5.74, 6) is 0. The van der Waals surface area contributed by atoms with Crippen LogP contribution in [0.25, 0.3) is 0 Å². The molecule has 0 N–H and O–H groups in total. The third-order valence-corrected chi connectivity index (χ3v) is 0.843. The first-order valence-corrected chi connectivity index (χ1v) is 3.23. The predicted octanol–water partition coefficient (Wildman–Crippen LogP) is 2.35. The third kappa shape index (κ3) is 9.14. The van der Waals surface area contributed by atoms with Gasteiger partial charge in [0.1, 0.15) is 0 Å². The Bertz CT molecular complexity index is 160. The second-order valence-corrected chi connectivity index (χ2v) is 1.49. The van der Waals surface area contributed by atoms with Crippen LogP contribution in [-0.4, -0.2) is 0 Å². The summed E-state index contributed by atoms with van der Waals surface area (Å²) in [4.78, 5) is 0. The summed E-state index contributed by atoms with van der Waals surface area (Å²) in [5.41, 5.74) is 1.07. The minimum atomic E-state index is 1.07. The average Bonchev–Trinajstić information content (AvgIpc) is 2.13. The maximum atomic E-state index is 7.94. The summed E-state index contributed by atoms with van der Waals surface area (Å²) in [5, 5.41) is 0. The molecule has 0 unspecified atom stereocenters. The van der Waals surface area contributed by atoms with Crippen molar-refractivity contribution in [2.45, 2.75) is 0 Å². The van der Waals surface area contributed by atoms with Crippen LogP contribution in [0.1, 0.15) is 5.56 Å². The zero-order chi connectivity index (χ0) is 9.11. The fraction of sp³-hybridized carbons (Fsp3) is 0. The second kappa shape index (κ2) is 11.9. The molecular weight excluding hydrogens is 183 g/mol. The molecule has 1 aromatic carbocycles. The maximum absolute atomic E-state index is 7.94. The van der Waals surface area contributed by atoms with Crippen molar-refractivity contribution >= 4 is 0 Å². The summed E-state index contributed by atoms with van der Waals surface area (Å²) >= 11 is 2.31. The molecule has 0 amide bonds. The van der Waals surface area contributed by atoms with Gasteiger partial charge in [-0.15, -0.1) is 12.1 Å². The molecule has 0 aromatic heterocycles. The van der Waals surface area contributed by atoms with Crippen LogP contribution in [0.5, 0.6) is 0 Å². The molecule has 1 nitrogen and oxygen atoms in total. The minimum absolute atomic E-state index is 1.07. The Kier molecular flexibility index (Phi) is 13.8. The Morgan fingerprint density at radius 1 is 1.18 bits per heavy atom. The molecule has 0 aliphatic carbocycles. The van der Waals surface area contributed by atoms with E-state index in [9.17, 15) is 0 Å². The molecule has 0 spiro atoms. The van der Waals surface area contributed by atoms with E-state index in [-0.39, 0.29) is 0 Å². The molecular formula is C9H10CoO-2. The van der Waals surface area contributed by atoms with E-state index in [0.717, 1.165) is 5.56 Å². The summed E-state index contributed by atoms with van der Waals surface area (Å²) in [6.45, 7) is 10.7. The zero-order valence-corrected chi connectivity index (χ0v) is 7.16. The van der Waals surface area contributed by atoms with Gasteiger partial charge < -0.3 is 6.58 Å². The van der Waals surface area contributed by atoms with Gasteiger partial charge in [-0.2, -0.15) is 24.6 Å². The van der Waals surface area contributed by atoms with E-state index in [0.29, 0.717) is 0 Å². The van der Waals surface area contributed by atoms with Crippen molar-refractivity contribution in [2.24, 2.45) is 0 Å². The Morgan fingerprint density at radius 3 is 1.73 bits per heavy atom. The van der Waals surface area contributed by atoms with E-state index in [1.165, 1.54) is 0 Å². The van der Waals surface area contributed by atoms with Crippen LogP contribution in [0.2, 0.25) is 0 Å². The van der Waals surface area contributed by atoms with E-state index < -0.39 is 0 Å². The zero-order valence-electron chi connectivity index (χ0n) is 6.12. The van der Waals surface area contributed by atoms with Crippen molar-refractivity contribution in [1.82, 2.24) is 0 Å². The molecule has 0 atom stereocenters. The van der Waals surface area contributed by atoms with Crippen molar-refractivity contribution in [3.05, 3.63) is 56.0 Å². The van der Waals surface area contributed by atoms with Gasteiger partial charge >= 0.3 is 19.5 Å². The van der Waals surface area contributed by atoms with Gasteiger partial charge in [0, 0.05) is 0 Å². The molecule has 0 saturated carbocycles. The van der Waals surface area contributed by atoms with Crippen molar-refractivity contribution in [3.63, 3.8) is 0 Å². The molecule has 0 heterocycles. The van der Waals surface area contributed by atoms with E-state index in [1.807, 2.05) is 30.3 Å². The first-order valence-electron chi connectivity index (χ1n) is 2.81. The quantitative estimate of drug-likeness (QED) is 0.578. The molecule has 0 aliphatic rings. The molecule has 1 rings (SSSR count). The van der Waals surface area contributed by atoms with Gasteiger partial charge in [0.15, 0.2) is 0 Å². The summed E-state index contributed by atoms with van der Waals surface area (Å²) in [6.07, 6.45) is 0. The first-order chi connectivity index (χ1) is 5.39. The van der Waals surface area contributed by atoms with Gasteiger partial charge in [-0.25, -0.2) is 0 Å².